The van der Waals surface area contributed by atoms with Crippen molar-refractivity contribution in [2.75, 3.05) is 11.1 Å². The molecule has 0 atom stereocenters. The number of aryl methyl sites for hydroxylation is 1. The molecule has 0 saturated heterocycles. The third kappa shape index (κ3) is 3.17. The Hall–Kier alpha value is -2.84. The molecule has 0 fully saturated rings. The Morgan fingerprint density at radius 2 is 1.89 bits per heavy atom. The minimum absolute atomic E-state index is 0.128. The van der Waals surface area contributed by atoms with Crippen molar-refractivity contribution in [3.8, 4) is 0 Å². The van der Waals surface area contributed by atoms with Crippen molar-refractivity contribution < 1.29 is 4.79 Å². The van der Waals surface area contributed by atoms with Gasteiger partial charge in [0, 0.05) is 7.05 Å². The Bertz CT molecular complexity index is 1230. The first-order valence-electron chi connectivity index (χ1n) is 8.06. The first kappa shape index (κ1) is 17.6. The van der Waals surface area contributed by atoms with Gasteiger partial charge in [-0.1, -0.05) is 47.6 Å². The molecule has 2 aromatic heterocycles. The van der Waals surface area contributed by atoms with Gasteiger partial charge >= 0.3 is 0 Å². The number of para-hydroxylation sites is 2. The number of amides is 1. The van der Waals surface area contributed by atoms with Gasteiger partial charge in [0.15, 0.2) is 5.16 Å². The summed E-state index contributed by atoms with van der Waals surface area (Å²) < 4.78 is 3.23. The van der Waals surface area contributed by atoms with Crippen molar-refractivity contribution in [3.05, 3.63) is 63.9 Å². The zero-order chi connectivity index (χ0) is 19.0. The molecule has 1 N–H and O–H groups in total. The number of anilines is 1. The highest BCUT2D eigenvalue weighted by Crippen LogP contribution is 2.23. The maximum atomic E-state index is 12.5. The predicted octanol–water partition coefficient (Wildman–Crippen LogP) is 2.97. The molecule has 0 aliphatic rings. The van der Waals surface area contributed by atoms with Crippen LogP contribution in [0.25, 0.3) is 16.7 Å². The van der Waals surface area contributed by atoms with Gasteiger partial charge in [-0.05, 0) is 24.3 Å². The molecular formula is C18H14ClN5O2S. The number of nitrogens with zero attached hydrogens (tertiary/aromatic N) is 4. The van der Waals surface area contributed by atoms with Gasteiger partial charge in [0.05, 0.1) is 27.4 Å². The summed E-state index contributed by atoms with van der Waals surface area (Å²) in [6.45, 7) is 0. The number of thioether (sulfide) groups is 1. The monoisotopic (exact) mass is 399 g/mol. The molecule has 9 heteroatoms. The molecule has 0 radical (unpaired) electrons. The van der Waals surface area contributed by atoms with Crippen LogP contribution >= 0.6 is 23.4 Å². The highest BCUT2D eigenvalue weighted by Gasteiger charge is 2.16. The lowest BCUT2D eigenvalue weighted by Gasteiger charge is -2.08. The van der Waals surface area contributed by atoms with Crippen LogP contribution in [0, 0.1) is 0 Å². The van der Waals surface area contributed by atoms with E-state index in [1.807, 2.05) is 18.2 Å². The van der Waals surface area contributed by atoms with Crippen LogP contribution in [0.15, 0.2) is 58.5 Å². The average molecular weight is 400 g/mol. The van der Waals surface area contributed by atoms with Crippen LogP contribution in [0.2, 0.25) is 5.02 Å². The van der Waals surface area contributed by atoms with E-state index in [9.17, 15) is 9.59 Å². The highest BCUT2D eigenvalue weighted by atomic mass is 35.5. The minimum atomic E-state index is -0.209. The summed E-state index contributed by atoms with van der Waals surface area (Å²) >= 11 is 7.30. The molecule has 4 rings (SSSR count). The SMILES string of the molecule is Cn1c(=O)c2ccccc2n2c(SCC(=O)Nc3ccccc3Cl)nnc12. The zero-order valence-electron chi connectivity index (χ0n) is 14.2. The van der Waals surface area contributed by atoms with Gasteiger partial charge in [-0.15, -0.1) is 10.2 Å². The lowest BCUT2D eigenvalue weighted by molar-refractivity contribution is -0.113. The summed E-state index contributed by atoms with van der Waals surface area (Å²) in [5, 5.41) is 12.6. The van der Waals surface area contributed by atoms with Crippen molar-refractivity contribution in [3.63, 3.8) is 0 Å². The van der Waals surface area contributed by atoms with E-state index in [0.717, 1.165) is 0 Å². The van der Waals surface area contributed by atoms with Crippen LogP contribution in [0.5, 0.6) is 0 Å². The summed E-state index contributed by atoms with van der Waals surface area (Å²) in [5.74, 6) is 0.343. The molecule has 27 heavy (non-hydrogen) atoms. The number of hydrogen-bond acceptors (Lipinski definition) is 5. The Kier molecular flexibility index (Phi) is 4.59. The smallest absolute Gasteiger partial charge is 0.262 e. The van der Waals surface area contributed by atoms with E-state index in [-0.39, 0.29) is 17.2 Å². The third-order valence-corrected chi connectivity index (χ3v) is 5.34. The molecule has 0 aliphatic carbocycles. The van der Waals surface area contributed by atoms with E-state index < -0.39 is 0 Å². The van der Waals surface area contributed by atoms with Gasteiger partial charge < -0.3 is 5.32 Å². The van der Waals surface area contributed by atoms with Gasteiger partial charge in [0.2, 0.25) is 11.7 Å². The summed E-state index contributed by atoms with van der Waals surface area (Å²) in [6, 6.07) is 14.3. The molecule has 4 aromatic rings. The van der Waals surface area contributed by atoms with E-state index in [2.05, 4.69) is 15.5 Å². The number of fused-ring (bicyclic) bond motifs is 3. The molecule has 2 heterocycles. The fourth-order valence-electron chi connectivity index (χ4n) is 2.78. The van der Waals surface area contributed by atoms with E-state index in [1.54, 1.807) is 41.8 Å². The van der Waals surface area contributed by atoms with Crippen molar-refractivity contribution >= 4 is 51.6 Å². The Morgan fingerprint density at radius 1 is 1.15 bits per heavy atom. The van der Waals surface area contributed by atoms with Gasteiger partial charge in [0.1, 0.15) is 0 Å². The molecular weight excluding hydrogens is 386 g/mol. The first-order valence-corrected chi connectivity index (χ1v) is 9.42. The van der Waals surface area contributed by atoms with Crippen LogP contribution in [-0.2, 0) is 11.8 Å². The quantitative estimate of drug-likeness (QED) is 0.533. The first-order chi connectivity index (χ1) is 13.1. The standard InChI is InChI=1S/C18H14ClN5O2S/c1-23-16(26)11-6-2-5-9-14(11)24-17(23)21-22-18(24)27-10-15(25)20-13-8-4-3-7-12(13)19/h2-9H,10H2,1H3,(H,20,25). The maximum Gasteiger partial charge on any atom is 0.262 e. The van der Waals surface area contributed by atoms with Crippen molar-refractivity contribution in [2.24, 2.45) is 7.05 Å². The van der Waals surface area contributed by atoms with Gasteiger partial charge in [-0.25, -0.2) is 0 Å². The number of hydrogen-bond donors (Lipinski definition) is 1. The molecule has 136 valence electrons. The Labute approximate surface area is 163 Å². The van der Waals surface area contributed by atoms with Crippen molar-refractivity contribution in [2.45, 2.75) is 5.16 Å². The Balaban J connectivity index is 1.64. The lowest BCUT2D eigenvalue weighted by atomic mass is 10.2. The summed E-state index contributed by atoms with van der Waals surface area (Å²) in [5.41, 5.74) is 1.12. The summed E-state index contributed by atoms with van der Waals surface area (Å²) in [4.78, 5) is 24.7. The lowest BCUT2D eigenvalue weighted by Crippen LogP contribution is -2.20. The molecule has 0 bridgehead atoms. The van der Waals surface area contributed by atoms with Crippen LogP contribution in [-0.4, -0.2) is 30.8 Å². The zero-order valence-corrected chi connectivity index (χ0v) is 15.8. The average Bonchev–Trinajstić information content (AvgIpc) is 3.10. The fraction of sp³-hybridized carbons (Fsp3) is 0.111. The highest BCUT2D eigenvalue weighted by molar-refractivity contribution is 7.99. The van der Waals surface area contributed by atoms with Gasteiger partial charge in [0.25, 0.3) is 5.56 Å². The number of nitrogens with one attached hydrogen (secondary N) is 1. The number of rotatable bonds is 4. The summed E-state index contributed by atoms with van der Waals surface area (Å²) in [6.07, 6.45) is 0. The topological polar surface area (TPSA) is 81.3 Å². The van der Waals surface area contributed by atoms with Crippen molar-refractivity contribution in [1.82, 2.24) is 19.2 Å². The molecule has 0 spiro atoms. The minimum Gasteiger partial charge on any atom is -0.324 e. The number of carbonyl (C=O) groups is 1. The molecule has 0 unspecified atom stereocenters. The number of benzene rings is 2. The third-order valence-electron chi connectivity index (χ3n) is 4.08. The van der Waals surface area contributed by atoms with E-state index in [4.69, 9.17) is 11.6 Å². The molecule has 0 aliphatic heterocycles. The van der Waals surface area contributed by atoms with Crippen LogP contribution in [0.3, 0.4) is 0 Å². The normalized spacial score (nSPS) is 11.2. The van der Waals surface area contributed by atoms with Crippen LogP contribution in [0.1, 0.15) is 0 Å². The van der Waals surface area contributed by atoms with Crippen LogP contribution in [0.4, 0.5) is 5.69 Å². The van der Waals surface area contributed by atoms with Gasteiger partial charge in [-0.2, -0.15) is 0 Å². The molecule has 1 amide bonds. The number of halogens is 1. The predicted molar refractivity (Wildman–Crippen MR) is 107 cm³/mol. The molecule has 0 saturated carbocycles. The number of aromatic nitrogens is 4. The van der Waals surface area contributed by atoms with Crippen LogP contribution < -0.4 is 10.9 Å². The maximum absolute atomic E-state index is 12.5. The number of carbonyl (C=O) groups excluding carboxylic acids is 1. The van der Waals surface area contributed by atoms with E-state index in [0.29, 0.717) is 32.5 Å². The summed E-state index contributed by atoms with van der Waals surface area (Å²) in [7, 11) is 1.65. The second kappa shape index (κ2) is 7.05. The second-order valence-corrected chi connectivity index (χ2v) is 7.17. The molecule has 2 aromatic carbocycles. The van der Waals surface area contributed by atoms with Crippen molar-refractivity contribution in [1.29, 1.82) is 0 Å². The Morgan fingerprint density at radius 3 is 2.70 bits per heavy atom. The fourth-order valence-corrected chi connectivity index (χ4v) is 3.71. The van der Waals surface area contributed by atoms with E-state index >= 15 is 0 Å². The second-order valence-electron chi connectivity index (χ2n) is 5.82. The molecule has 7 nitrogen and oxygen atoms in total. The van der Waals surface area contributed by atoms with Gasteiger partial charge in [-0.3, -0.25) is 18.6 Å². The largest absolute Gasteiger partial charge is 0.324 e. The van der Waals surface area contributed by atoms with E-state index in [1.165, 1.54) is 16.3 Å².